The van der Waals surface area contributed by atoms with Crippen molar-refractivity contribution in [3.05, 3.63) is 84.4 Å². The van der Waals surface area contributed by atoms with E-state index in [1.807, 2.05) is 18.2 Å². The summed E-state index contributed by atoms with van der Waals surface area (Å²) in [6.07, 6.45) is 0. The van der Waals surface area contributed by atoms with Gasteiger partial charge in [0.15, 0.2) is 0 Å². The van der Waals surface area contributed by atoms with Gasteiger partial charge in [-0.05, 0) is 55.0 Å². The molecule has 0 bridgehead atoms. The molecule has 0 aliphatic heterocycles. The highest BCUT2D eigenvalue weighted by Crippen LogP contribution is 2.36. The molecule has 0 aliphatic rings. The zero-order valence-corrected chi connectivity index (χ0v) is 12.0. The van der Waals surface area contributed by atoms with Crippen LogP contribution >= 0.6 is 0 Å². The van der Waals surface area contributed by atoms with Crippen LogP contribution in [0.25, 0.3) is 0 Å². The number of rotatable bonds is 3. The third-order valence-corrected chi connectivity index (χ3v) is 3.52. The van der Waals surface area contributed by atoms with Gasteiger partial charge in [-0.1, -0.05) is 36.4 Å². The first-order valence-electron chi connectivity index (χ1n) is 7.02. The number of anilines is 4. The average molecular weight is 274 g/mol. The monoisotopic (exact) mass is 274 g/mol. The Morgan fingerprint density at radius 3 is 1.90 bits per heavy atom. The van der Waals surface area contributed by atoms with Crippen molar-refractivity contribution in [1.29, 1.82) is 0 Å². The minimum Gasteiger partial charge on any atom is -0.399 e. The maximum absolute atomic E-state index is 5.82. The minimum absolute atomic E-state index is 0.775. The zero-order chi connectivity index (χ0) is 14.7. The maximum Gasteiger partial charge on any atom is 0.0490 e. The number of hydrogen-bond donors (Lipinski definition) is 1. The van der Waals surface area contributed by atoms with Crippen LogP contribution in [0.5, 0.6) is 0 Å². The van der Waals surface area contributed by atoms with Gasteiger partial charge in [0.1, 0.15) is 0 Å². The third-order valence-electron chi connectivity index (χ3n) is 3.52. The van der Waals surface area contributed by atoms with Gasteiger partial charge in [-0.3, -0.25) is 0 Å². The Labute approximate surface area is 125 Å². The molecule has 104 valence electrons. The van der Waals surface area contributed by atoms with Gasteiger partial charge in [-0.2, -0.15) is 0 Å². The van der Waals surface area contributed by atoms with E-state index < -0.39 is 0 Å². The number of nitrogens with two attached hydrogens (primary N) is 1. The predicted molar refractivity (Wildman–Crippen MR) is 90.3 cm³/mol. The number of benzene rings is 3. The van der Waals surface area contributed by atoms with Crippen LogP contribution < -0.4 is 10.6 Å². The Bertz CT molecular complexity index is 718. The summed E-state index contributed by atoms with van der Waals surface area (Å²) in [5, 5.41) is 0. The first kappa shape index (κ1) is 13.3. The van der Waals surface area contributed by atoms with Crippen molar-refractivity contribution >= 4 is 22.7 Å². The van der Waals surface area contributed by atoms with E-state index in [0.717, 1.165) is 17.1 Å². The van der Waals surface area contributed by atoms with Gasteiger partial charge in [0.2, 0.25) is 0 Å². The number of nitrogen functional groups attached to an aromatic ring is 1. The van der Waals surface area contributed by atoms with Crippen LogP contribution in [-0.4, -0.2) is 0 Å². The fourth-order valence-electron chi connectivity index (χ4n) is 2.44. The average Bonchev–Trinajstić information content (AvgIpc) is 2.52. The molecule has 0 saturated carbocycles. The molecule has 3 aromatic carbocycles. The molecule has 21 heavy (non-hydrogen) atoms. The summed E-state index contributed by atoms with van der Waals surface area (Å²) < 4.78 is 0. The Morgan fingerprint density at radius 1 is 0.667 bits per heavy atom. The molecule has 3 aromatic rings. The summed E-state index contributed by atoms with van der Waals surface area (Å²) in [6, 6.07) is 26.7. The van der Waals surface area contributed by atoms with Crippen molar-refractivity contribution in [2.45, 2.75) is 6.92 Å². The Hall–Kier alpha value is -2.74. The van der Waals surface area contributed by atoms with E-state index in [9.17, 15) is 0 Å². The molecule has 0 spiro atoms. The van der Waals surface area contributed by atoms with Gasteiger partial charge >= 0.3 is 0 Å². The minimum atomic E-state index is 0.775. The van der Waals surface area contributed by atoms with E-state index in [1.165, 1.54) is 11.3 Å². The van der Waals surface area contributed by atoms with Crippen molar-refractivity contribution in [2.75, 3.05) is 10.6 Å². The van der Waals surface area contributed by atoms with Crippen LogP contribution in [0.1, 0.15) is 5.56 Å². The molecule has 0 aliphatic carbocycles. The summed E-state index contributed by atoms with van der Waals surface area (Å²) in [6.45, 7) is 2.13. The molecule has 2 nitrogen and oxygen atoms in total. The van der Waals surface area contributed by atoms with Crippen LogP contribution in [0.3, 0.4) is 0 Å². The van der Waals surface area contributed by atoms with E-state index in [4.69, 9.17) is 5.73 Å². The molecule has 2 N–H and O–H groups in total. The second-order valence-corrected chi connectivity index (χ2v) is 5.05. The number of hydrogen-bond acceptors (Lipinski definition) is 2. The van der Waals surface area contributed by atoms with Gasteiger partial charge in [-0.15, -0.1) is 0 Å². The van der Waals surface area contributed by atoms with Crippen molar-refractivity contribution in [3.8, 4) is 0 Å². The van der Waals surface area contributed by atoms with Crippen LogP contribution in [-0.2, 0) is 0 Å². The van der Waals surface area contributed by atoms with Crippen LogP contribution in [0, 0.1) is 6.92 Å². The zero-order valence-electron chi connectivity index (χ0n) is 12.0. The molecule has 2 heteroatoms. The fourth-order valence-corrected chi connectivity index (χ4v) is 2.44. The van der Waals surface area contributed by atoms with Gasteiger partial charge in [0.05, 0.1) is 0 Å². The highest BCUT2D eigenvalue weighted by atomic mass is 15.1. The van der Waals surface area contributed by atoms with Crippen LogP contribution in [0.2, 0.25) is 0 Å². The normalized spacial score (nSPS) is 10.3. The lowest BCUT2D eigenvalue weighted by Crippen LogP contribution is -2.11. The van der Waals surface area contributed by atoms with E-state index in [0.29, 0.717) is 0 Å². The summed E-state index contributed by atoms with van der Waals surface area (Å²) in [7, 11) is 0. The molecule has 0 fully saturated rings. The lowest BCUT2D eigenvalue weighted by molar-refractivity contribution is 1.25. The standard InChI is InChI=1S/C19H18N2/c1-15-7-5-6-10-19(15)21(17-8-3-2-4-9-17)18-13-11-16(20)12-14-18/h2-14H,20H2,1H3. The van der Waals surface area contributed by atoms with Crippen molar-refractivity contribution in [2.24, 2.45) is 0 Å². The molecule has 0 radical (unpaired) electrons. The fraction of sp³-hybridized carbons (Fsp3) is 0.0526. The molecule has 0 aromatic heterocycles. The molecule has 0 atom stereocenters. The lowest BCUT2D eigenvalue weighted by Gasteiger charge is -2.27. The molecule has 0 heterocycles. The third kappa shape index (κ3) is 2.75. The first-order valence-corrected chi connectivity index (χ1v) is 7.02. The first-order chi connectivity index (χ1) is 10.3. The Balaban J connectivity index is 2.16. The van der Waals surface area contributed by atoms with E-state index >= 15 is 0 Å². The van der Waals surface area contributed by atoms with E-state index in [1.54, 1.807) is 0 Å². The van der Waals surface area contributed by atoms with Crippen molar-refractivity contribution in [3.63, 3.8) is 0 Å². The molecular formula is C19H18N2. The van der Waals surface area contributed by atoms with Crippen molar-refractivity contribution in [1.82, 2.24) is 0 Å². The molecule has 0 amide bonds. The quantitative estimate of drug-likeness (QED) is 0.677. The summed E-state index contributed by atoms with van der Waals surface area (Å²) >= 11 is 0. The molecule has 0 saturated heterocycles. The highest BCUT2D eigenvalue weighted by molar-refractivity contribution is 5.78. The number of para-hydroxylation sites is 2. The molecule has 0 unspecified atom stereocenters. The Morgan fingerprint density at radius 2 is 1.24 bits per heavy atom. The predicted octanol–water partition coefficient (Wildman–Crippen LogP) is 5.05. The SMILES string of the molecule is Cc1ccccc1N(c1ccccc1)c1ccc(N)cc1. The van der Waals surface area contributed by atoms with Gasteiger partial charge in [0, 0.05) is 22.7 Å². The van der Waals surface area contributed by atoms with Gasteiger partial charge < -0.3 is 10.6 Å². The number of aryl methyl sites for hydroxylation is 1. The van der Waals surface area contributed by atoms with Crippen LogP contribution in [0.15, 0.2) is 78.9 Å². The lowest BCUT2D eigenvalue weighted by atomic mass is 10.1. The summed E-state index contributed by atoms with van der Waals surface area (Å²) in [4.78, 5) is 2.24. The summed E-state index contributed by atoms with van der Waals surface area (Å²) in [5.74, 6) is 0. The largest absolute Gasteiger partial charge is 0.399 e. The number of nitrogens with zero attached hydrogens (tertiary/aromatic N) is 1. The molecule has 3 rings (SSSR count). The van der Waals surface area contributed by atoms with Crippen LogP contribution in [0.4, 0.5) is 22.7 Å². The second kappa shape index (κ2) is 5.71. The smallest absolute Gasteiger partial charge is 0.0490 e. The second-order valence-electron chi connectivity index (χ2n) is 5.05. The van der Waals surface area contributed by atoms with E-state index in [2.05, 4.69) is 72.5 Å². The van der Waals surface area contributed by atoms with Gasteiger partial charge in [-0.25, -0.2) is 0 Å². The maximum atomic E-state index is 5.82. The van der Waals surface area contributed by atoms with E-state index in [-0.39, 0.29) is 0 Å². The van der Waals surface area contributed by atoms with Crippen molar-refractivity contribution < 1.29 is 0 Å². The summed E-state index contributed by atoms with van der Waals surface area (Å²) in [5.41, 5.74) is 11.2. The highest BCUT2D eigenvalue weighted by Gasteiger charge is 2.13. The molecular weight excluding hydrogens is 256 g/mol. The Kier molecular flexibility index (Phi) is 3.61. The topological polar surface area (TPSA) is 29.3 Å². The van der Waals surface area contributed by atoms with Gasteiger partial charge in [0.25, 0.3) is 0 Å².